The van der Waals surface area contributed by atoms with Crippen molar-refractivity contribution in [2.75, 3.05) is 13.1 Å². The Labute approximate surface area is 118 Å². The van der Waals surface area contributed by atoms with Gasteiger partial charge in [0, 0.05) is 0 Å². The molecule has 0 bridgehead atoms. The van der Waals surface area contributed by atoms with Gasteiger partial charge in [-0.2, -0.15) is 0 Å². The van der Waals surface area contributed by atoms with Gasteiger partial charge in [-0.05, 0) is 50.8 Å². The molecule has 1 aliphatic rings. The molecule has 2 rings (SSSR count). The first kappa shape index (κ1) is 14.6. The molecule has 1 aromatic carbocycles. The SMILES string of the molecule is CCNCC(Cc1cc(C)cc(C)c1)C1CCCC1. The van der Waals surface area contributed by atoms with Crippen LogP contribution in [0.1, 0.15) is 49.3 Å². The Morgan fingerprint density at radius 1 is 1.11 bits per heavy atom. The maximum absolute atomic E-state index is 3.57. The van der Waals surface area contributed by atoms with Crippen LogP contribution >= 0.6 is 0 Å². The average Bonchev–Trinajstić information content (AvgIpc) is 2.87. The first-order valence-corrected chi connectivity index (χ1v) is 7.97. The summed E-state index contributed by atoms with van der Waals surface area (Å²) >= 11 is 0. The third-order valence-electron chi connectivity index (χ3n) is 4.50. The van der Waals surface area contributed by atoms with Gasteiger partial charge in [0.25, 0.3) is 0 Å². The Balaban J connectivity index is 2.05. The van der Waals surface area contributed by atoms with E-state index >= 15 is 0 Å². The Bertz CT molecular complexity index is 370. The second-order valence-electron chi connectivity index (χ2n) is 6.31. The van der Waals surface area contributed by atoms with Crippen LogP contribution in [-0.2, 0) is 6.42 Å². The fraction of sp³-hybridized carbons (Fsp3) is 0.667. The zero-order valence-corrected chi connectivity index (χ0v) is 12.8. The van der Waals surface area contributed by atoms with E-state index in [1.54, 1.807) is 0 Å². The standard InChI is InChI=1S/C18H29N/c1-4-19-13-18(17-7-5-6-8-17)12-16-10-14(2)9-15(3)11-16/h9-11,17-19H,4-8,12-13H2,1-3H3. The van der Waals surface area contributed by atoms with Crippen molar-refractivity contribution in [3.8, 4) is 0 Å². The molecule has 0 amide bonds. The van der Waals surface area contributed by atoms with Crippen molar-refractivity contribution in [1.82, 2.24) is 5.32 Å². The quantitative estimate of drug-likeness (QED) is 0.805. The molecule has 0 spiro atoms. The summed E-state index contributed by atoms with van der Waals surface area (Å²) < 4.78 is 0. The molecule has 1 atom stereocenters. The normalized spacial score (nSPS) is 17.8. The predicted molar refractivity (Wildman–Crippen MR) is 83.6 cm³/mol. The number of hydrogen-bond acceptors (Lipinski definition) is 1. The Kier molecular flexibility index (Phi) is 5.45. The third-order valence-corrected chi connectivity index (χ3v) is 4.50. The highest BCUT2D eigenvalue weighted by Crippen LogP contribution is 2.33. The number of nitrogens with one attached hydrogen (secondary N) is 1. The van der Waals surface area contributed by atoms with Crippen LogP contribution in [0.3, 0.4) is 0 Å². The highest BCUT2D eigenvalue weighted by Gasteiger charge is 2.24. The van der Waals surface area contributed by atoms with Crippen LogP contribution in [0, 0.1) is 25.7 Å². The van der Waals surface area contributed by atoms with Crippen molar-refractivity contribution in [2.45, 2.75) is 52.9 Å². The molecule has 0 heterocycles. The summed E-state index contributed by atoms with van der Waals surface area (Å²) in [5.74, 6) is 1.77. The molecule has 0 radical (unpaired) electrons. The maximum atomic E-state index is 3.57. The molecule has 1 aliphatic carbocycles. The molecular weight excluding hydrogens is 230 g/mol. The lowest BCUT2D eigenvalue weighted by molar-refractivity contribution is 0.323. The van der Waals surface area contributed by atoms with Crippen molar-refractivity contribution in [1.29, 1.82) is 0 Å². The van der Waals surface area contributed by atoms with Crippen molar-refractivity contribution >= 4 is 0 Å². The lowest BCUT2D eigenvalue weighted by Crippen LogP contribution is -2.28. The van der Waals surface area contributed by atoms with Crippen molar-refractivity contribution in [3.63, 3.8) is 0 Å². The van der Waals surface area contributed by atoms with Crippen LogP contribution in [-0.4, -0.2) is 13.1 Å². The van der Waals surface area contributed by atoms with Gasteiger partial charge in [-0.25, -0.2) is 0 Å². The third kappa shape index (κ3) is 4.35. The molecule has 0 saturated heterocycles. The summed E-state index contributed by atoms with van der Waals surface area (Å²) in [6, 6.07) is 7.03. The minimum Gasteiger partial charge on any atom is -0.317 e. The van der Waals surface area contributed by atoms with Gasteiger partial charge in [-0.1, -0.05) is 61.9 Å². The minimum atomic E-state index is 0.823. The Hall–Kier alpha value is -0.820. The van der Waals surface area contributed by atoms with Gasteiger partial charge in [0.15, 0.2) is 0 Å². The second-order valence-corrected chi connectivity index (χ2v) is 6.31. The van der Waals surface area contributed by atoms with E-state index in [1.807, 2.05) is 0 Å². The number of rotatable bonds is 6. The summed E-state index contributed by atoms with van der Waals surface area (Å²) in [4.78, 5) is 0. The molecule has 1 heteroatoms. The monoisotopic (exact) mass is 259 g/mol. The van der Waals surface area contributed by atoms with Crippen molar-refractivity contribution in [3.05, 3.63) is 34.9 Å². The van der Waals surface area contributed by atoms with Gasteiger partial charge in [-0.15, -0.1) is 0 Å². The molecule has 1 saturated carbocycles. The average molecular weight is 259 g/mol. The largest absolute Gasteiger partial charge is 0.317 e. The van der Waals surface area contributed by atoms with Gasteiger partial charge in [0.2, 0.25) is 0 Å². The highest BCUT2D eigenvalue weighted by atomic mass is 14.8. The van der Waals surface area contributed by atoms with E-state index in [4.69, 9.17) is 0 Å². The highest BCUT2D eigenvalue weighted by molar-refractivity contribution is 5.28. The summed E-state index contributed by atoms with van der Waals surface area (Å²) in [7, 11) is 0. The van der Waals surface area contributed by atoms with E-state index in [1.165, 1.54) is 55.3 Å². The number of benzene rings is 1. The lowest BCUT2D eigenvalue weighted by atomic mass is 9.85. The van der Waals surface area contributed by atoms with Crippen LogP contribution in [0.25, 0.3) is 0 Å². The molecule has 1 nitrogen and oxygen atoms in total. The minimum absolute atomic E-state index is 0.823. The van der Waals surface area contributed by atoms with E-state index in [-0.39, 0.29) is 0 Å². The van der Waals surface area contributed by atoms with E-state index in [0.29, 0.717) is 0 Å². The van der Waals surface area contributed by atoms with Crippen LogP contribution in [0.2, 0.25) is 0 Å². The van der Waals surface area contributed by atoms with Crippen LogP contribution in [0.15, 0.2) is 18.2 Å². The Morgan fingerprint density at radius 3 is 2.32 bits per heavy atom. The summed E-state index contributed by atoms with van der Waals surface area (Å²) in [6.45, 7) is 8.92. The van der Waals surface area contributed by atoms with Gasteiger partial charge >= 0.3 is 0 Å². The molecule has 0 aliphatic heterocycles. The number of aryl methyl sites for hydroxylation is 2. The molecule has 0 aromatic heterocycles. The van der Waals surface area contributed by atoms with Crippen LogP contribution in [0.5, 0.6) is 0 Å². The van der Waals surface area contributed by atoms with Gasteiger partial charge in [0.05, 0.1) is 0 Å². The molecular formula is C18H29N. The van der Waals surface area contributed by atoms with Gasteiger partial charge < -0.3 is 5.32 Å². The van der Waals surface area contributed by atoms with E-state index in [0.717, 1.165) is 18.4 Å². The molecule has 1 unspecified atom stereocenters. The topological polar surface area (TPSA) is 12.0 Å². The van der Waals surface area contributed by atoms with E-state index < -0.39 is 0 Å². The molecule has 19 heavy (non-hydrogen) atoms. The fourth-order valence-electron chi connectivity index (χ4n) is 3.65. The smallest absolute Gasteiger partial charge is 0.00148 e. The predicted octanol–water partition coefficient (Wildman–Crippen LogP) is 4.26. The molecule has 106 valence electrons. The van der Waals surface area contributed by atoms with Gasteiger partial charge in [-0.3, -0.25) is 0 Å². The van der Waals surface area contributed by atoms with Gasteiger partial charge in [0.1, 0.15) is 0 Å². The van der Waals surface area contributed by atoms with Crippen LogP contribution < -0.4 is 5.32 Å². The number of hydrogen-bond donors (Lipinski definition) is 1. The summed E-state index contributed by atoms with van der Waals surface area (Å²) in [5.41, 5.74) is 4.35. The van der Waals surface area contributed by atoms with E-state index in [9.17, 15) is 0 Å². The maximum Gasteiger partial charge on any atom is -0.00148 e. The zero-order valence-electron chi connectivity index (χ0n) is 12.8. The summed E-state index contributed by atoms with van der Waals surface area (Å²) in [5, 5.41) is 3.57. The first-order chi connectivity index (χ1) is 9.19. The van der Waals surface area contributed by atoms with Crippen LogP contribution in [0.4, 0.5) is 0 Å². The summed E-state index contributed by atoms with van der Waals surface area (Å²) in [6.07, 6.45) is 7.03. The van der Waals surface area contributed by atoms with Crippen molar-refractivity contribution < 1.29 is 0 Å². The first-order valence-electron chi connectivity index (χ1n) is 7.97. The lowest BCUT2D eigenvalue weighted by Gasteiger charge is -2.24. The second kappa shape index (κ2) is 7.09. The fourth-order valence-corrected chi connectivity index (χ4v) is 3.65. The Morgan fingerprint density at radius 2 is 1.74 bits per heavy atom. The molecule has 1 fully saturated rings. The van der Waals surface area contributed by atoms with E-state index in [2.05, 4.69) is 44.3 Å². The van der Waals surface area contributed by atoms with Crippen molar-refractivity contribution in [2.24, 2.45) is 11.8 Å². The zero-order chi connectivity index (χ0) is 13.7. The molecule has 1 aromatic rings. The molecule has 1 N–H and O–H groups in total.